The maximum Gasteiger partial charge on any atom is 0.228 e. The van der Waals surface area contributed by atoms with Crippen molar-refractivity contribution in [2.24, 2.45) is 5.41 Å². The van der Waals surface area contributed by atoms with Gasteiger partial charge in [0, 0.05) is 19.1 Å². The molecular weight excluding hydrogens is 254 g/mol. The molecule has 0 aliphatic rings. The van der Waals surface area contributed by atoms with Crippen molar-refractivity contribution in [2.45, 2.75) is 66.0 Å². The normalized spacial score (nSPS) is 16.9. The average molecular weight is 283 g/mol. The number of rotatable bonds is 7. The summed E-state index contributed by atoms with van der Waals surface area (Å²) in [5, 5.41) is 7.43. The van der Waals surface area contributed by atoms with E-state index in [1.807, 2.05) is 20.9 Å². The molecule has 0 bridgehead atoms. The third-order valence-electron chi connectivity index (χ3n) is 3.85. The van der Waals surface area contributed by atoms with Crippen LogP contribution in [0, 0.1) is 5.41 Å². The highest BCUT2D eigenvalue weighted by molar-refractivity contribution is 5.01. The first-order valence-electron chi connectivity index (χ1n) is 7.41. The third-order valence-corrected chi connectivity index (χ3v) is 3.85. The first-order chi connectivity index (χ1) is 9.26. The van der Waals surface area contributed by atoms with Gasteiger partial charge >= 0.3 is 0 Å². The smallest absolute Gasteiger partial charge is 0.228 e. The SMILES string of the molecule is CCOC(C)(CC)c1noc(CC(NC)C(C)(C)C)n1. The van der Waals surface area contributed by atoms with Crippen molar-refractivity contribution < 1.29 is 9.26 Å². The molecule has 0 aromatic carbocycles. The predicted octanol–water partition coefficient (Wildman–Crippen LogP) is 2.91. The molecule has 0 spiro atoms. The molecule has 0 fully saturated rings. The number of ether oxygens (including phenoxy) is 1. The summed E-state index contributed by atoms with van der Waals surface area (Å²) in [7, 11) is 1.96. The molecule has 1 aromatic rings. The van der Waals surface area contributed by atoms with Crippen molar-refractivity contribution in [1.29, 1.82) is 0 Å². The van der Waals surface area contributed by atoms with Gasteiger partial charge in [0.1, 0.15) is 5.60 Å². The maximum atomic E-state index is 5.78. The zero-order valence-electron chi connectivity index (χ0n) is 13.9. The van der Waals surface area contributed by atoms with Crippen LogP contribution in [0.5, 0.6) is 0 Å². The highest BCUT2D eigenvalue weighted by Gasteiger charge is 2.32. The number of likely N-dealkylation sites (N-methyl/N-ethyl adjacent to an activating group) is 1. The van der Waals surface area contributed by atoms with E-state index in [2.05, 4.69) is 43.2 Å². The number of nitrogens with one attached hydrogen (secondary N) is 1. The summed E-state index contributed by atoms with van der Waals surface area (Å²) in [6, 6.07) is 0.288. The first-order valence-corrected chi connectivity index (χ1v) is 7.41. The fourth-order valence-electron chi connectivity index (χ4n) is 2.21. The van der Waals surface area contributed by atoms with Crippen LogP contribution in [0.1, 0.15) is 59.7 Å². The van der Waals surface area contributed by atoms with E-state index in [-0.39, 0.29) is 11.5 Å². The van der Waals surface area contributed by atoms with Crippen LogP contribution < -0.4 is 5.32 Å². The molecular formula is C15H29N3O2. The highest BCUT2D eigenvalue weighted by atomic mass is 16.5. The molecule has 1 N–H and O–H groups in total. The van der Waals surface area contributed by atoms with E-state index >= 15 is 0 Å². The lowest BCUT2D eigenvalue weighted by molar-refractivity contribution is -0.0403. The van der Waals surface area contributed by atoms with Crippen LogP contribution in [0.3, 0.4) is 0 Å². The van der Waals surface area contributed by atoms with Gasteiger partial charge in [0.15, 0.2) is 0 Å². The molecule has 0 aliphatic heterocycles. The van der Waals surface area contributed by atoms with Gasteiger partial charge in [-0.3, -0.25) is 0 Å². The predicted molar refractivity (Wildman–Crippen MR) is 79.6 cm³/mol. The van der Waals surface area contributed by atoms with Gasteiger partial charge in [0.05, 0.1) is 0 Å². The molecule has 0 radical (unpaired) electrons. The first kappa shape index (κ1) is 17.1. The van der Waals surface area contributed by atoms with Crippen LogP contribution in [0.2, 0.25) is 0 Å². The second-order valence-corrected chi connectivity index (χ2v) is 6.44. The summed E-state index contributed by atoms with van der Waals surface area (Å²) in [6.45, 7) is 13.3. The monoisotopic (exact) mass is 283 g/mol. The van der Waals surface area contributed by atoms with Gasteiger partial charge in [-0.05, 0) is 32.7 Å². The quantitative estimate of drug-likeness (QED) is 0.833. The largest absolute Gasteiger partial charge is 0.367 e. The Morgan fingerprint density at radius 2 is 1.90 bits per heavy atom. The Morgan fingerprint density at radius 1 is 1.25 bits per heavy atom. The van der Waals surface area contributed by atoms with E-state index < -0.39 is 5.60 Å². The average Bonchev–Trinajstić information content (AvgIpc) is 2.83. The number of hydrogen-bond acceptors (Lipinski definition) is 5. The Kier molecular flexibility index (Phi) is 5.71. The van der Waals surface area contributed by atoms with Crippen molar-refractivity contribution in [3.8, 4) is 0 Å². The van der Waals surface area contributed by atoms with Crippen LogP contribution in [0.25, 0.3) is 0 Å². The Bertz CT molecular complexity index is 411. The molecule has 0 saturated heterocycles. The standard InChI is InChI=1S/C15H29N3O2/c1-8-15(6,19-9-2)13-17-12(20-18-13)10-11(16-7)14(3,4)5/h11,16H,8-10H2,1-7H3. The lowest BCUT2D eigenvalue weighted by Crippen LogP contribution is -2.39. The Morgan fingerprint density at radius 3 is 2.35 bits per heavy atom. The van der Waals surface area contributed by atoms with Gasteiger partial charge in [-0.25, -0.2) is 0 Å². The Hall–Kier alpha value is -0.940. The van der Waals surface area contributed by atoms with E-state index in [9.17, 15) is 0 Å². The molecule has 2 unspecified atom stereocenters. The van der Waals surface area contributed by atoms with Crippen molar-refractivity contribution in [3.05, 3.63) is 11.7 Å². The van der Waals surface area contributed by atoms with Crippen LogP contribution >= 0.6 is 0 Å². The summed E-state index contributed by atoms with van der Waals surface area (Å²) >= 11 is 0. The minimum atomic E-state index is -0.465. The van der Waals surface area contributed by atoms with E-state index in [1.54, 1.807) is 0 Å². The molecule has 1 heterocycles. The molecule has 5 heteroatoms. The minimum absolute atomic E-state index is 0.136. The zero-order valence-corrected chi connectivity index (χ0v) is 13.9. The van der Waals surface area contributed by atoms with Crippen molar-refractivity contribution in [1.82, 2.24) is 15.5 Å². The molecule has 5 nitrogen and oxygen atoms in total. The third kappa shape index (κ3) is 4.03. The minimum Gasteiger partial charge on any atom is -0.367 e. The van der Waals surface area contributed by atoms with E-state index in [0.717, 1.165) is 12.8 Å². The number of aromatic nitrogens is 2. The zero-order chi connectivity index (χ0) is 15.4. The summed E-state index contributed by atoms with van der Waals surface area (Å²) in [4.78, 5) is 4.53. The van der Waals surface area contributed by atoms with E-state index in [0.29, 0.717) is 18.3 Å². The summed E-state index contributed by atoms with van der Waals surface area (Å²) in [6.07, 6.45) is 1.54. The van der Waals surface area contributed by atoms with E-state index in [1.165, 1.54) is 0 Å². The topological polar surface area (TPSA) is 60.2 Å². The maximum absolute atomic E-state index is 5.78. The molecule has 116 valence electrons. The second kappa shape index (κ2) is 6.68. The molecule has 0 aliphatic carbocycles. The molecule has 1 aromatic heterocycles. The van der Waals surface area contributed by atoms with Gasteiger partial charge in [0.25, 0.3) is 0 Å². The summed E-state index contributed by atoms with van der Waals surface area (Å²) in [5.74, 6) is 1.30. The van der Waals surface area contributed by atoms with Gasteiger partial charge in [-0.15, -0.1) is 0 Å². The van der Waals surface area contributed by atoms with Crippen molar-refractivity contribution in [3.63, 3.8) is 0 Å². The van der Waals surface area contributed by atoms with Crippen LogP contribution in [0.15, 0.2) is 4.52 Å². The Balaban J connectivity index is 2.86. The van der Waals surface area contributed by atoms with Crippen LogP contribution in [-0.2, 0) is 16.8 Å². The molecule has 20 heavy (non-hydrogen) atoms. The van der Waals surface area contributed by atoms with Crippen molar-refractivity contribution in [2.75, 3.05) is 13.7 Å². The lowest BCUT2D eigenvalue weighted by Gasteiger charge is -2.29. The fraction of sp³-hybridized carbons (Fsp3) is 0.867. The second-order valence-electron chi connectivity index (χ2n) is 6.44. The highest BCUT2D eigenvalue weighted by Crippen LogP contribution is 2.27. The van der Waals surface area contributed by atoms with Gasteiger partial charge in [-0.1, -0.05) is 32.9 Å². The molecule has 0 amide bonds. The van der Waals surface area contributed by atoms with Gasteiger partial charge < -0.3 is 14.6 Å². The van der Waals surface area contributed by atoms with Crippen LogP contribution in [-0.4, -0.2) is 29.8 Å². The Labute approximate surface area is 122 Å². The van der Waals surface area contributed by atoms with Gasteiger partial charge in [0.2, 0.25) is 11.7 Å². The number of hydrogen-bond donors (Lipinski definition) is 1. The molecule has 0 saturated carbocycles. The number of nitrogens with zero attached hydrogens (tertiary/aromatic N) is 2. The summed E-state index contributed by atoms with van der Waals surface area (Å²) in [5.41, 5.74) is -0.329. The van der Waals surface area contributed by atoms with Crippen molar-refractivity contribution >= 4 is 0 Å². The summed E-state index contributed by atoms with van der Waals surface area (Å²) < 4.78 is 11.2. The van der Waals surface area contributed by atoms with E-state index in [4.69, 9.17) is 9.26 Å². The molecule has 1 rings (SSSR count). The molecule has 2 atom stereocenters. The lowest BCUT2D eigenvalue weighted by atomic mass is 9.85. The van der Waals surface area contributed by atoms with Gasteiger partial charge in [-0.2, -0.15) is 4.98 Å². The fourth-order valence-corrected chi connectivity index (χ4v) is 2.21. The van der Waals surface area contributed by atoms with Crippen LogP contribution in [0.4, 0.5) is 0 Å².